The molecule has 3 nitrogen and oxygen atoms in total. The Morgan fingerprint density at radius 2 is 1.90 bits per heavy atom. The van der Waals surface area contributed by atoms with Crippen LogP contribution in [0.25, 0.3) is 11.1 Å². The van der Waals surface area contributed by atoms with Crippen LogP contribution in [0.15, 0.2) is 54.9 Å². The number of halogens is 2. The molecule has 0 unspecified atom stereocenters. The van der Waals surface area contributed by atoms with Gasteiger partial charge in [0.25, 0.3) is 0 Å². The minimum Gasteiger partial charge on any atom is -0.354 e. The lowest BCUT2D eigenvalue weighted by atomic mass is 10.1. The first-order valence-corrected chi connectivity index (χ1v) is 6.79. The average Bonchev–Trinajstić information content (AvgIpc) is 2.96. The van der Waals surface area contributed by atoms with Crippen LogP contribution in [0.3, 0.4) is 0 Å². The summed E-state index contributed by atoms with van der Waals surface area (Å²) >= 11 is 12.0. The van der Waals surface area contributed by atoms with Gasteiger partial charge in [-0.15, -0.1) is 0 Å². The minimum absolute atomic E-state index is 0.589. The highest BCUT2D eigenvalue weighted by molar-refractivity contribution is 6.36. The van der Waals surface area contributed by atoms with Crippen molar-refractivity contribution in [3.8, 4) is 11.1 Å². The van der Waals surface area contributed by atoms with Gasteiger partial charge in [0.15, 0.2) is 0 Å². The summed E-state index contributed by atoms with van der Waals surface area (Å²) in [5, 5.41) is 11.2. The quantitative estimate of drug-likeness (QED) is 0.704. The number of benzene rings is 2. The predicted octanol–water partition coefficient (Wildman–Crippen LogP) is 5.13. The van der Waals surface area contributed by atoms with Gasteiger partial charge in [0.2, 0.25) is 0 Å². The Morgan fingerprint density at radius 3 is 2.65 bits per heavy atom. The summed E-state index contributed by atoms with van der Waals surface area (Å²) in [6.07, 6.45) is 3.64. The SMILES string of the molecule is Clc1ccc(Nc2cccc(-c3cn[nH]c3)c2)c(Cl)c1. The molecule has 0 aliphatic rings. The molecule has 20 heavy (non-hydrogen) atoms. The van der Waals surface area contributed by atoms with Gasteiger partial charge in [0.1, 0.15) is 0 Å². The maximum Gasteiger partial charge on any atom is 0.0655 e. The van der Waals surface area contributed by atoms with Crippen LogP contribution in [-0.4, -0.2) is 10.2 Å². The number of hydrogen-bond acceptors (Lipinski definition) is 2. The van der Waals surface area contributed by atoms with E-state index in [4.69, 9.17) is 23.2 Å². The van der Waals surface area contributed by atoms with Crippen molar-refractivity contribution in [3.63, 3.8) is 0 Å². The third-order valence-corrected chi connectivity index (χ3v) is 3.45. The third-order valence-electron chi connectivity index (χ3n) is 2.90. The highest BCUT2D eigenvalue weighted by Crippen LogP contribution is 2.29. The molecule has 0 aliphatic carbocycles. The van der Waals surface area contributed by atoms with Crippen LogP contribution in [0, 0.1) is 0 Å². The molecular weight excluding hydrogens is 293 g/mol. The molecule has 0 saturated carbocycles. The van der Waals surface area contributed by atoms with Gasteiger partial charge in [-0.05, 0) is 35.9 Å². The van der Waals surface area contributed by atoms with Crippen molar-refractivity contribution in [2.24, 2.45) is 0 Å². The summed E-state index contributed by atoms with van der Waals surface area (Å²) < 4.78 is 0. The van der Waals surface area contributed by atoms with Crippen molar-refractivity contribution >= 4 is 34.6 Å². The molecule has 0 saturated heterocycles. The standard InChI is InChI=1S/C15H11Cl2N3/c16-12-4-5-15(14(17)7-12)20-13-3-1-2-10(6-13)11-8-18-19-9-11/h1-9,20H,(H,18,19). The summed E-state index contributed by atoms with van der Waals surface area (Å²) in [5.41, 5.74) is 3.89. The van der Waals surface area contributed by atoms with Gasteiger partial charge >= 0.3 is 0 Å². The van der Waals surface area contributed by atoms with Crippen LogP contribution in [-0.2, 0) is 0 Å². The van der Waals surface area contributed by atoms with Crippen LogP contribution in [0.5, 0.6) is 0 Å². The molecule has 3 rings (SSSR count). The molecule has 100 valence electrons. The van der Waals surface area contributed by atoms with Crippen LogP contribution < -0.4 is 5.32 Å². The first-order valence-electron chi connectivity index (χ1n) is 6.04. The molecule has 2 aromatic carbocycles. The molecule has 0 fully saturated rings. The molecule has 0 bridgehead atoms. The Labute approximate surface area is 126 Å². The largest absolute Gasteiger partial charge is 0.354 e. The molecule has 1 heterocycles. The van der Waals surface area contributed by atoms with Crippen molar-refractivity contribution in [2.75, 3.05) is 5.32 Å². The van der Waals surface area contributed by atoms with E-state index in [1.165, 1.54) is 0 Å². The third kappa shape index (κ3) is 2.79. The second kappa shape index (κ2) is 5.57. The molecule has 5 heteroatoms. The number of nitrogens with zero attached hydrogens (tertiary/aromatic N) is 1. The maximum absolute atomic E-state index is 6.16. The number of anilines is 2. The van der Waals surface area contributed by atoms with Gasteiger partial charge in [-0.2, -0.15) is 5.10 Å². The Kier molecular flexibility index (Phi) is 3.63. The molecule has 0 spiro atoms. The molecule has 1 aromatic heterocycles. The zero-order valence-corrected chi connectivity index (χ0v) is 11.9. The molecule has 3 aromatic rings. The summed E-state index contributed by atoms with van der Waals surface area (Å²) in [7, 11) is 0. The topological polar surface area (TPSA) is 40.7 Å². The summed E-state index contributed by atoms with van der Waals surface area (Å²) in [6.45, 7) is 0. The van der Waals surface area contributed by atoms with Crippen molar-refractivity contribution in [3.05, 3.63) is 64.9 Å². The molecule has 0 amide bonds. The second-order valence-electron chi connectivity index (χ2n) is 4.32. The smallest absolute Gasteiger partial charge is 0.0655 e. The van der Waals surface area contributed by atoms with Gasteiger partial charge < -0.3 is 5.32 Å². The van der Waals surface area contributed by atoms with Gasteiger partial charge in [0.05, 0.1) is 16.9 Å². The monoisotopic (exact) mass is 303 g/mol. The van der Waals surface area contributed by atoms with Gasteiger partial charge in [-0.3, -0.25) is 5.10 Å². The first-order chi connectivity index (χ1) is 9.72. The van der Waals surface area contributed by atoms with E-state index in [0.717, 1.165) is 22.5 Å². The number of aromatic nitrogens is 2. The predicted molar refractivity (Wildman–Crippen MR) is 83.8 cm³/mol. The lowest BCUT2D eigenvalue weighted by Gasteiger charge is -2.09. The number of nitrogens with one attached hydrogen (secondary N) is 2. The molecule has 0 radical (unpaired) electrons. The van der Waals surface area contributed by atoms with Gasteiger partial charge in [-0.1, -0.05) is 35.3 Å². The Morgan fingerprint density at radius 1 is 1.00 bits per heavy atom. The fourth-order valence-electron chi connectivity index (χ4n) is 1.93. The van der Waals surface area contributed by atoms with Crippen molar-refractivity contribution in [2.45, 2.75) is 0 Å². The van der Waals surface area contributed by atoms with Gasteiger partial charge in [-0.25, -0.2) is 0 Å². The summed E-state index contributed by atoms with van der Waals surface area (Å²) in [4.78, 5) is 0. The molecular formula is C15H11Cl2N3. The van der Waals surface area contributed by atoms with Crippen LogP contribution in [0.1, 0.15) is 0 Å². The lowest BCUT2D eigenvalue weighted by Crippen LogP contribution is -1.91. The van der Waals surface area contributed by atoms with Crippen LogP contribution >= 0.6 is 23.2 Å². The van der Waals surface area contributed by atoms with E-state index in [-0.39, 0.29) is 0 Å². The zero-order valence-electron chi connectivity index (χ0n) is 10.4. The van der Waals surface area contributed by atoms with Crippen LogP contribution in [0.2, 0.25) is 10.0 Å². The van der Waals surface area contributed by atoms with Crippen molar-refractivity contribution in [1.29, 1.82) is 0 Å². The Bertz CT molecular complexity index is 724. The number of aromatic amines is 1. The highest BCUT2D eigenvalue weighted by atomic mass is 35.5. The van der Waals surface area contributed by atoms with Gasteiger partial charge in [0, 0.05) is 22.5 Å². The van der Waals surface area contributed by atoms with E-state index in [9.17, 15) is 0 Å². The number of H-pyrrole nitrogens is 1. The van der Waals surface area contributed by atoms with E-state index < -0.39 is 0 Å². The average molecular weight is 304 g/mol. The normalized spacial score (nSPS) is 10.5. The van der Waals surface area contributed by atoms with E-state index in [1.807, 2.05) is 36.5 Å². The Balaban J connectivity index is 1.89. The fraction of sp³-hybridized carbons (Fsp3) is 0. The number of rotatable bonds is 3. The summed E-state index contributed by atoms with van der Waals surface area (Å²) in [5.74, 6) is 0. The molecule has 0 aliphatic heterocycles. The minimum atomic E-state index is 0.589. The maximum atomic E-state index is 6.16. The van der Waals surface area contributed by atoms with E-state index in [2.05, 4.69) is 15.5 Å². The zero-order chi connectivity index (χ0) is 13.9. The first kappa shape index (κ1) is 13.0. The van der Waals surface area contributed by atoms with E-state index in [0.29, 0.717) is 10.0 Å². The highest BCUT2D eigenvalue weighted by Gasteiger charge is 2.04. The number of hydrogen-bond donors (Lipinski definition) is 2. The molecule has 0 atom stereocenters. The lowest BCUT2D eigenvalue weighted by molar-refractivity contribution is 1.09. The van der Waals surface area contributed by atoms with Crippen molar-refractivity contribution in [1.82, 2.24) is 10.2 Å². The van der Waals surface area contributed by atoms with Crippen LogP contribution in [0.4, 0.5) is 11.4 Å². The second-order valence-corrected chi connectivity index (χ2v) is 5.16. The Hall–Kier alpha value is -1.97. The molecule has 2 N–H and O–H groups in total. The van der Waals surface area contributed by atoms with E-state index in [1.54, 1.807) is 18.3 Å². The van der Waals surface area contributed by atoms with Crippen molar-refractivity contribution < 1.29 is 0 Å². The fourth-order valence-corrected chi connectivity index (χ4v) is 2.39. The van der Waals surface area contributed by atoms with E-state index >= 15 is 0 Å². The summed E-state index contributed by atoms with van der Waals surface area (Å²) in [6, 6.07) is 13.4.